The summed E-state index contributed by atoms with van der Waals surface area (Å²) in [7, 11) is 0. The van der Waals surface area contributed by atoms with Gasteiger partial charge in [0, 0.05) is 19.6 Å². The van der Waals surface area contributed by atoms with Crippen molar-refractivity contribution in [2.45, 2.75) is 39.3 Å². The van der Waals surface area contributed by atoms with E-state index < -0.39 is 6.10 Å². The molecule has 4 aromatic rings. The van der Waals surface area contributed by atoms with Crippen LogP contribution < -0.4 is 4.74 Å². The zero-order chi connectivity index (χ0) is 24.2. The van der Waals surface area contributed by atoms with E-state index in [2.05, 4.69) is 24.0 Å². The third-order valence-electron chi connectivity index (χ3n) is 6.58. The van der Waals surface area contributed by atoms with Gasteiger partial charge in [0.15, 0.2) is 0 Å². The van der Waals surface area contributed by atoms with Crippen LogP contribution in [0.3, 0.4) is 0 Å². The Morgan fingerprint density at radius 1 is 0.943 bits per heavy atom. The number of hydrogen-bond acceptors (Lipinski definition) is 4. The van der Waals surface area contributed by atoms with Gasteiger partial charge in [0.25, 0.3) is 0 Å². The van der Waals surface area contributed by atoms with E-state index in [9.17, 15) is 5.11 Å². The van der Waals surface area contributed by atoms with Crippen LogP contribution in [0.1, 0.15) is 41.3 Å². The molecule has 1 aliphatic rings. The van der Waals surface area contributed by atoms with Crippen LogP contribution in [-0.2, 0) is 6.54 Å². The van der Waals surface area contributed by atoms with Gasteiger partial charge >= 0.3 is 0 Å². The van der Waals surface area contributed by atoms with Gasteiger partial charge in [-0.2, -0.15) is 5.10 Å². The summed E-state index contributed by atoms with van der Waals surface area (Å²) in [6.45, 7) is 6.31. The van der Waals surface area contributed by atoms with E-state index in [1.165, 1.54) is 18.4 Å². The highest BCUT2D eigenvalue weighted by Crippen LogP contribution is 2.35. The van der Waals surface area contributed by atoms with Crippen molar-refractivity contribution in [2.24, 2.45) is 5.92 Å². The Morgan fingerprint density at radius 2 is 1.60 bits per heavy atom. The second kappa shape index (κ2) is 10.5. The van der Waals surface area contributed by atoms with Crippen LogP contribution in [0, 0.1) is 19.8 Å². The van der Waals surface area contributed by atoms with Crippen LogP contribution in [0.15, 0.2) is 84.9 Å². The Balaban J connectivity index is 1.47. The lowest BCUT2D eigenvalue weighted by Crippen LogP contribution is -2.30. The summed E-state index contributed by atoms with van der Waals surface area (Å²) in [5, 5.41) is 15.9. The Bertz CT molecular complexity index is 1230. The average Bonchev–Trinajstić information content (AvgIpc) is 3.65. The standard InChI is InChI=1S/C30H33N3O2/c1-22-13-17-27(18-14-22)35-30-28(23(2)31-33(30)26-11-7-4-8-12-26)20-32(19-24-15-16-24)21-29(34)25-9-5-3-6-10-25/h3-14,17-18,24,29,34H,15-16,19-21H2,1-2H3. The van der Waals surface area contributed by atoms with Gasteiger partial charge in [-0.3, -0.25) is 4.90 Å². The molecule has 180 valence electrons. The van der Waals surface area contributed by atoms with Crippen LogP contribution in [0.2, 0.25) is 0 Å². The normalized spacial score (nSPS) is 14.3. The van der Waals surface area contributed by atoms with Gasteiger partial charge in [-0.25, -0.2) is 4.68 Å². The van der Waals surface area contributed by atoms with Crippen LogP contribution in [0.5, 0.6) is 11.6 Å². The number of hydrogen-bond donors (Lipinski definition) is 1. The monoisotopic (exact) mass is 467 g/mol. The predicted octanol–water partition coefficient (Wildman–Crippen LogP) is 6.23. The molecule has 0 saturated heterocycles. The smallest absolute Gasteiger partial charge is 0.227 e. The number of aliphatic hydroxyl groups excluding tert-OH is 1. The number of aliphatic hydroxyl groups is 1. The van der Waals surface area contributed by atoms with Gasteiger partial charge in [0.2, 0.25) is 5.88 Å². The second-order valence-electron chi connectivity index (χ2n) is 9.60. The van der Waals surface area contributed by atoms with Crippen molar-refractivity contribution in [1.29, 1.82) is 0 Å². The third kappa shape index (κ3) is 5.81. The molecule has 1 unspecified atom stereocenters. The fourth-order valence-electron chi connectivity index (χ4n) is 4.41. The van der Waals surface area contributed by atoms with E-state index in [-0.39, 0.29) is 0 Å². The maximum atomic E-state index is 11.0. The first kappa shape index (κ1) is 23.3. The van der Waals surface area contributed by atoms with Crippen molar-refractivity contribution in [2.75, 3.05) is 13.1 Å². The molecule has 0 aliphatic heterocycles. The number of ether oxygens (including phenoxy) is 1. The lowest BCUT2D eigenvalue weighted by molar-refractivity contribution is 0.105. The Labute approximate surface area is 207 Å². The number of aromatic nitrogens is 2. The molecule has 1 heterocycles. The first-order valence-electron chi connectivity index (χ1n) is 12.4. The summed E-state index contributed by atoms with van der Waals surface area (Å²) < 4.78 is 8.39. The average molecular weight is 468 g/mol. The van der Waals surface area contributed by atoms with Crippen LogP contribution in [0.4, 0.5) is 0 Å². The molecule has 1 aromatic heterocycles. The lowest BCUT2D eigenvalue weighted by atomic mass is 10.1. The second-order valence-corrected chi connectivity index (χ2v) is 9.60. The summed E-state index contributed by atoms with van der Waals surface area (Å²) in [4.78, 5) is 2.36. The summed E-state index contributed by atoms with van der Waals surface area (Å²) in [6, 6.07) is 28.1. The molecule has 0 spiro atoms. The SMILES string of the molecule is Cc1ccc(Oc2c(CN(CC3CC3)CC(O)c3ccccc3)c(C)nn2-c2ccccc2)cc1. The fourth-order valence-corrected chi connectivity index (χ4v) is 4.41. The topological polar surface area (TPSA) is 50.5 Å². The highest BCUT2D eigenvalue weighted by molar-refractivity contribution is 5.43. The van der Waals surface area contributed by atoms with Gasteiger partial charge in [0.1, 0.15) is 5.75 Å². The Kier molecular flexibility index (Phi) is 6.98. The number of aryl methyl sites for hydroxylation is 2. The minimum absolute atomic E-state index is 0.541. The van der Waals surface area contributed by atoms with Crippen molar-refractivity contribution in [1.82, 2.24) is 14.7 Å². The first-order valence-corrected chi connectivity index (χ1v) is 12.4. The highest BCUT2D eigenvalue weighted by atomic mass is 16.5. The van der Waals surface area contributed by atoms with Gasteiger partial charge in [0.05, 0.1) is 23.0 Å². The Hall–Kier alpha value is -3.41. The molecule has 5 nitrogen and oxygen atoms in total. The quantitative estimate of drug-likeness (QED) is 0.300. The third-order valence-corrected chi connectivity index (χ3v) is 6.58. The van der Waals surface area contributed by atoms with Crippen LogP contribution >= 0.6 is 0 Å². The molecule has 0 amide bonds. The molecular weight excluding hydrogens is 434 g/mol. The van der Waals surface area contributed by atoms with Crippen LogP contribution in [0.25, 0.3) is 5.69 Å². The summed E-state index contributed by atoms with van der Waals surface area (Å²) in [6.07, 6.45) is 1.97. The van der Waals surface area contributed by atoms with Gasteiger partial charge in [-0.15, -0.1) is 0 Å². The Morgan fingerprint density at radius 3 is 2.26 bits per heavy atom. The molecule has 0 bridgehead atoms. The molecule has 3 aromatic carbocycles. The zero-order valence-electron chi connectivity index (χ0n) is 20.5. The van der Waals surface area contributed by atoms with E-state index in [4.69, 9.17) is 9.84 Å². The maximum absolute atomic E-state index is 11.0. The maximum Gasteiger partial charge on any atom is 0.227 e. The molecule has 1 aliphatic carbocycles. The van der Waals surface area contributed by atoms with E-state index in [1.807, 2.05) is 84.4 Å². The van der Waals surface area contributed by atoms with Crippen molar-refractivity contribution >= 4 is 0 Å². The molecule has 1 saturated carbocycles. The number of benzene rings is 3. The van der Waals surface area contributed by atoms with Gasteiger partial charge in [-0.1, -0.05) is 66.2 Å². The van der Waals surface area contributed by atoms with E-state index in [0.29, 0.717) is 19.0 Å². The van der Waals surface area contributed by atoms with Gasteiger partial charge < -0.3 is 9.84 Å². The van der Waals surface area contributed by atoms with Gasteiger partial charge in [-0.05, 0) is 62.4 Å². The molecule has 0 radical (unpaired) electrons. The van der Waals surface area contributed by atoms with E-state index in [0.717, 1.165) is 40.7 Å². The molecule has 35 heavy (non-hydrogen) atoms. The zero-order valence-corrected chi connectivity index (χ0v) is 20.5. The van der Waals surface area contributed by atoms with Crippen molar-refractivity contribution < 1.29 is 9.84 Å². The van der Waals surface area contributed by atoms with E-state index in [1.54, 1.807) is 0 Å². The largest absolute Gasteiger partial charge is 0.439 e. The molecule has 1 atom stereocenters. The minimum atomic E-state index is -0.541. The minimum Gasteiger partial charge on any atom is -0.439 e. The van der Waals surface area contributed by atoms with Crippen molar-refractivity contribution in [3.8, 4) is 17.3 Å². The molecule has 1 N–H and O–H groups in total. The van der Waals surface area contributed by atoms with Crippen molar-refractivity contribution in [3.05, 3.63) is 107 Å². The number of para-hydroxylation sites is 1. The fraction of sp³-hybridized carbons (Fsp3) is 0.300. The van der Waals surface area contributed by atoms with Crippen molar-refractivity contribution in [3.63, 3.8) is 0 Å². The highest BCUT2D eigenvalue weighted by Gasteiger charge is 2.28. The lowest BCUT2D eigenvalue weighted by Gasteiger charge is -2.25. The summed E-state index contributed by atoms with van der Waals surface area (Å²) in [5.74, 6) is 2.21. The molecular formula is C30H33N3O2. The predicted molar refractivity (Wildman–Crippen MR) is 139 cm³/mol. The van der Waals surface area contributed by atoms with E-state index >= 15 is 0 Å². The molecule has 5 rings (SSSR count). The molecule has 5 heteroatoms. The first-order chi connectivity index (χ1) is 17.1. The number of rotatable bonds is 10. The number of nitrogens with zero attached hydrogens (tertiary/aromatic N) is 3. The summed E-state index contributed by atoms with van der Waals surface area (Å²) in [5.41, 5.74) is 5.08. The van der Waals surface area contributed by atoms with Crippen LogP contribution in [-0.4, -0.2) is 32.9 Å². The summed E-state index contributed by atoms with van der Waals surface area (Å²) >= 11 is 0. The molecule has 1 fully saturated rings.